The Labute approximate surface area is 118 Å². The van der Waals surface area contributed by atoms with Gasteiger partial charge in [-0.25, -0.2) is 4.79 Å². The molecule has 20 heavy (non-hydrogen) atoms. The molecule has 106 valence electrons. The highest BCUT2D eigenvalue weighted by Crippen LogP contribution is 2.26. The molecule has 0 saturated carbocycles. The number of benzene rings is 1. The largest absolute Gasteiger partial charge is 0.480 e. The van der Waals surface area contributed by atoms with E-state index in [1.165, 1.54) is 0 Å². The molecule has 2 aromatic rings. The van der Waals surface area contributed by atoms with E-state index in [1.54, 1.807) is 23.5 Å². The van der Waals surface area contributed by atoms with Crippen molar-refractivity contribution in [2.45, 2.75) is 18.6 Å². The third-order valence-electron chi connectivity index (χ3n) is 2.76. The van der Waals surface area contributed by atoms with Gasteiger partial charge in [-0.05, 0) is 35.0 Å². The Bertz CT molecular complexity index is 638. The van der Waals surface area contributed by atoms with Gasteiger partial charge in [0.25, 0.3) is 0 Å². The third-order valence-corrected chi connectivity index (χ3v) is 3.66. The first-order valence-corrected chi connectivity index (χ1v) is 6.70. The molecule has 6 nitrogen and oxygen atoms in total. The van der Waals surface area contributed by atoms with Crippen LogP contribution in [0.5, 0.6) is 5.75 Å². The second-order valence-electron chi connectivity index (χ2n) is 4.25. The molecule has 7 heteroatoms. The number of aliphatic carboxylic acids is 2. The average Bonchev–Trinajstić information content (AvgIpc) is 2.84. The Morgan fingerprint density at radius 3 is 2.65 bits per heavy atom. The summed E-state index contributed by atoms with van der Waals surface area (Å²) in [6, 6.07) is 5.81. The van der Waals surface area contributed by atoms with Crippen LogP contribution in [0.1, 0.15) is 6.42 Å². The fourth-order valence-corrected chi connectivity index (χ4v) is 2.48. The lowest BCUT2D eigenvalue weighted by Gasteiger charge is -2.17. The second-order valence-corrected chi connectivity index (χ2v) is 5.19. The number of ether oxygens (including phenoxy) is 1. The van der Waals surface area contributed by atoms with Gasteiger partial charge in [0.1, 0.15) is 11.8 Å². The van der Waals surface area contributed by atoms with Gasteiger partial charge >= 0.3 is 11.9 Å². The van der Waals surface area contributed by atoms with Crippen molar-refractivity contribution in [3.8, 4) is 5.75 Å². The van der Waals surface area contributed by atoms with Crippen molar-refractivity contribution in [1.82, 2.24) is 0 Å². The van der Waals surface area contributed by atoms with E-state index >= 15 is 0 Å². The van der Waals surface area contributed by atoms with Crippen molar-refractivity contribution in [3.63, 3.8) is 0 Å². The lowest BCUT2D eigenvalue weighted by Crippen LogP contribution is -2.39. The summed E-state index contributed by atoms with van der Waals surface area (Å²) >= 11 is 1.57. The maximum atomic E-state index is 11.1. The molecule has 4 N–H and O–H groups in total. The number of hydrogen-bond donors (Lipinski definition) is 3. The average molecular weight is 295 g/mol. The van der Waals surface area contributed by atoms with E-state index in [9.17, 15) is 9.59 Å². The van der Waals surface area contributed by atoms with Crippen LogP contribution in [0.25, 0.3) is 10.1 Å². The Kier molecular flexibility index (Phi) is 4.21. The summed E-state index contributed by atoms with van der Waals surface area (Å²) in [5.74, 6) is -2.12. The zero-order valence-corrected chi connectivity index (χ0v) is 11.2. The zero-order chi connectivity index (χ0) is 14.7. The number of rotatable bonds is 6. The minimum Gasteiger partial charge on any atom is -0.480 e. The summed E-state index contributed by atoms with van der Waals surface area (Å²) in [6.07, 6.45) is -1.59. The minimum absolute atomic E-state index is 0.299. The molecule has 0 aliphatic heterocycles. The highest BCUT2D eigenvalue weighted by molar-refractivity contribution is 7.17. The predicted octanol–water partition coefficient (Wildman–Crippen LogP) is 1.54. The van der Waals surface area contributed by atoms with Crippen LogP contribution in [0.2, 0.25) is 0 Å². The molecule has 2 atom stereocenters. The standard InChI is InChI=1S/C13H13NO5S/c14-9(12(15)16)6-10(13(17)18)19-8-1-2-11-7(5-8)3-4-20-11/h1-5,9-10H,6,14H2,(H,15,16)(H,17,18)/t9-,10?/m0/s1. The van der Waals surface area contributed by atoms with E-state index in [0.717, 1.165) is 10.1 Å². The maximum Gasteiger partial charge on any atom is 0.344 e. The van der Waals surface area contributed by atoms with Crippen LogP contribution in [-0.4, -0.2) is 34.3 Å². The molecule has 0 amide bonds. The Morgan fingerprint density at radius 1 is 1.25 bits per heavy atom. The van der Waals surface area contributed by atoms with Gasteiger partial charge in [0.05, 0.1) is 0 Å². The highest BCUT2D eigenvalue weighted by Gasteiger charge is 2.26. The molecular weight excluding hydrogens is 282 g/mol. The molecule has 0 radical (unpaired) electrons. The predicted molar refractivity (Wildman–Crippen MR) is 74.1 cm³/mol. The van der Waals surface area contributed by atoms with E-state index in [-0.39, 0.29) is 6.42 Å². The summed E-state index contributed by atoms with van der Waals surface area (Å²) in [6.45, 7) is 0. The first kappa shape index (κ1) is 14.3. The molecule has 0 aliphatic carbocycles. The Morgan fingerprint density at radius 2 is 2.00 bits per heavy atom. The van der Waals surface area contributed by atoms with Gasteiger partial charge < -0.3 is 20.7 Å². The monoisotopic (exact) mass is 295 g/mol. The molecule has 0 bridgehead atoms. The van der Waals surface area contributed by atoms with Crippen molar-refractivity contribution in [1.29, 1.82) is 0 Å². The number of carboxylic acids is 2. The van der Waals surface area contributed by atoms with Crippen LogP contribution < -0.4 is 10.5 Å². The van der Waals surface area contributed by atoms with Gasteiger partial charge in [-0.3, -0.25) is 4.79 Å². The van der Waals surface area contributed by atoms with Gasteiger partial charge in [-0.2, -0.15) is 0 Å². The van der Waals surface area contributed by atoms with Gasteiger partial charge in [-0.15, -0.1) is 11.3 Å². The molecule has 0 fully saturated rings. The lowest BCUT2D eigenvalue weighted by atomic mass is 10.1. The minimum atomic E-state index is -1.29. The molecule has 1 aromatic carbocycles. The summed E-state index contributed by atoms with van der Waals surface area (Å²) < 4.78 is 6.40. The molecule has 1 heterocycles. The van der Waals surface area contributed by atoms with Gasteiger partial charge in [0.15, 0.2) is 6.10 Å². The maximum absolute atomic E-state index is 11.1. The van der Waals surface area contributed by atoms with Crippen LogP contribution in [0.3, 0.4) is 0 Å². The Balaban J connectivity index is 2.14. The topological polar surface area (TPSA) is 110 Å². The number of nitrogens with two attached hydrogens (primary N) is 1. The number of fused-ring (bicyclic) bond motifs is 1. The fraction of sp³-hybridized carbons (Fsp3) is 0.231. The number of thiophene rings is 1. The molecule has 1 unspecified atom stereocenters. The van der Waals surface area contributed by atoms with E-state index in [4.69, 9.17) is 20.7 Å². The van der Waals surface area contributed by atoms with Crippen molar-refractivity contribution < 1.29 is 24.5 Å². The van der Waals surface area contributed by atoms with E-state index in [0.29, 0.717) is 5.75 Å². The van der Waals surface area contributed by atoms with Crippen molar-refractivity contribution in [2.75, 3.05) is 0 Å². The molecule has 0 spiro atoms. The second kappa shape index (κ2) is 5.89. The smallest absolute Gasteiger partial charge is 0.344 e. The van der Waals surface area contributed by atoms with E-state index in [1.807, 2.05) is 17.5 Å². The van der Waals surface area contributed by atoms with Gasteiger partial charge in [0, 0.05) is 11.1 Å². The summed E-state index contributed by atoms with van der Waals surface area (Å²) in [5.41, 5.74) is 5.34. The molecule has 2 rings (SSSR count). The van der Waals surface area contributed by atoms with Crippen molar-refractivity contribution in [2.24, 2.45) is 5.73 Å². The van der Waals surface area contributed by atoms with Crippen LogP contribution in [0.15, 0.2) is 29.6 Å². The fourth-order valence-electron chi connectivity index (χ4n) is 1.71. The van der Waals surface area contributed by atoms with Crippen LogP contribution in [0, 0.1) is 0 Å². The van der Waals surface area contributed by atoms with Gasteiger partial charge in [0.2, 0.25) is 0 Å². The number of carboxylic acid groups (broad SMARTS) is 2. The highest BCUT2D eigenvalue weighted by atomic mass is 32.1. The molecule has 0 aliphatic rings. The molecular formula is C13H13NO5S. The normalized spacial score (nSPS) is 13.8. The first-order chi connectivity index (χ1) is 9.47. The SMILES string of the molecule is N[C@@H](CC(Oc1ccc2sccc2c1)C(=O)O)C(=O)O. The van der Waals surface area contributed by atoms with Crippen LogP contribution in [-0.2, 0) is 9.59 Å². The van der Waals surface area contributed by atoms with Crippen molar-refractivity contribution >= 4 is 33.4 Å². The summed E-state index contributed by atoms with van der Waals surface area (Å²) in [7, 11) is 0. The molecule has 1 aromatic heterocycles. The van der Waals surface area contributed by atoms with Crippen molar-refractivity contribution in [3.05, 3.63) is 29.6 Å². The lowest BCUT2D eigenvalue weighted by molar-refractivity contribution is -0.146. The van der Waals surface area contributed by atoms with Crippen LogP contribution >= 0.6 is 11.3 Å². The molecule has 0 saturated heterocycles. The van der Waals surface area contributed by atoms with E-state index < -0.39 is 24.1 Å². The quantitative estimate of drug-likeness (QED) is 0.745. The third kappa shape index (κ3) is 3.25. The summed E-state index contributed by atoms with van der Waals surface area (Å²) in [5, 5.41) is 20.7. The zero-order valence-electron chi connectivity index (χ0n) is 10.4. The summed E-state index contributed by atoms with van der Waals surface area (Å²) in [4.78, 5) is 21.8. The van der Waals surface area contributed by atoms with E-state index in [2.05, 4.69) is 0 Å². The van der Waals surface area contributed by atoms with Gasteiger partial charge in [-0.1, -0.05) is 0 Å². The first-order valence-electron chi connectivity index (χ1n) is 5.82. The number of carbonyl (C=O) groups is 2. The number of hydrogen-bond acceptors (Lipinski definition) is 5. The van der Waals surface area contributed by atoms with Crippen LogP contribution in [0.4, 0.5) is 0 Å². The Hall–Kier alpha value is -2.12.